The van der Waals surface area contributed by atoms with Crippen molar-refractivity contribution in [3.8, 4) is 0 Å². The Balaban J connectivity index is 1.17. The van der Waals surface area contributed by atoms with Gasteiger partial charge >= 0.3 is 6.72 Å². The molecular formula is C20H25N12O8P2S2-. The van der Waals surface area contributed by atoms with Crippen molar-refractivity contribution in [1.82, 2.24) is 49.2 Å². The monoisotopic (exact) mass is 687 g/mol. The smallest absolute Gasteiger partial charge is 0.324 e. The lowest BCUT2D eigenvalue weighted by atomic mass is 10.1. The molecule has 0 radical (unpaired) electrons. The average molecular weight is 688 g/mol. The maximum Gasteiger partial charge on any atom is 0.324 e. The number of aromatic nitrogens is 8. The third-order valence-corrected chi connectivity index (χ3v) is 11.1. The van der Waals surface area contributed by atoms with E-state index in [1.165, 1.54) is 34.4 Å². The molecule has 3 saturated heterocycles. The topological polar surface area (TPSA) is 281 Å². The Morgan fingerprint density at radius 1 is 0.864 bits per heavy atom. The van der Waals surface area contributed by atoms with Crippen molar-refractivity contribution in [3.63, 3.8) is 0 Å². The van der Waals surface area contributed by atoms with E-state index < -0.39 is 75.5 Å². The van der Waals surface area contributed by atoms with Gasteiger partial charge in [-0.1, -0.05) is 24.1 Å². The fourth-order valence-corrected chi connectivity index (χ4v) is 8.82. The number of thiol groups is 1. The lowest BCUT2D eigenvalue weighted by molar-refractivity contribution is -0.190. The van der Waals surface area contributed by atoms with Gasteiger partial charge in [0.1, 0.15) is 48.1 Å². The maximum absolute atomic E-state index is 13.5. The number of fused-ring (bicyclic) bond motifs is 4. The normalized spacial score (nSPS) is 38.3. The standard InChI is InChI=1S/C20H26N12O8P2S2/c21-15-11-17(25-3-23-15)31(5-27-11)19-13(33)9-7(39-19)1-37-41(35,43)30-10-8(2-38-42(36,44)29-9)40-20(14(10)34)32-6-28-12-16(22)24-4-26-18(12)32/h3-10,13-14,19-20,33-34H,1-2H2,(H2,21,23,25)(H2,22,24,26)(H2,29,36,44)(H2,30,35,43)/p-1/t7-,8-,9+,10?,13?,14+,19-,20-,41?,42?/m1/s1. The molecule has 7 heterocycles. The second kappa shape index (κ2) is 11.1. The van der Waals surface area contributed by atoms with Gasteiger partial charge < -0.3 is 45.1 Å². The number of imidazole rings is 2. The summed E-state index contributed by atoms with van der Waals surface area (Å²) < 4.78 is 39.8. The van der Waals surface area contributed by atoms with Gasteiger partial charge in [0.2, 0.25) is 0 Å². The molecule has 7 rings (SSSR count). The number of hydrogen-bond acceptors (Lipinski definition) is 17. The van der Waals surface area contributed by atoms with Gasteiger partial charge in [0.15, 0.2) is 35.4 Å². The largest absolute Gasteiger partial charge is 0.789 e. The molecule has 4 aromatic rings. The van der Waals surface area contributed by atoms with Crippen molar-refractivity contribution in [2.24, 2.45) is 0 Å². The third kappa shape index (κ3) is 5.28. The summed E-state index contributed by atoms with van der Waals surface area (Å²) in [7, 11) is 0. The fraction of sp³-hybridized carbons (Fsp3) is 0.500. The minimum atomic E-state index is -4.10. The van der Waals surface area contributed by atoms with E-state index in [0.717, 1.165) is 0 Å². The molecule has 24 heteroatoms. The van der Waals surface area contributed by atoms with Gasteiger partial charge in [0.05, 0.1) is 44.6 Å². The van der Waals surface area contributed by atoms with Crippen molar-refractivity contribution < 1.29 is 38.2 Å². The number of nitrogens with two attached hydrogens (primary N) is 2. The zero-order chi connectivity index (χ0) is 31.0. The average Bonchev–Trinajstić information content (AvgIpc) is 3.73. The first-order valence-corrected chi connectivity index (χ1v) is 18.4. The Bertz CT molecular complexity index is 1700. The molecule has 0 saturated carbocycles. The summed E-state index contributed by atoms with van der Waals surface area (Å²) in [6.45, 7) is -8.94. The zero-order valence-corrected chi connectivity index (χ0v) is 25.7. The summed E-state index contributed by atoms with van der Waals surface area (Å²) in [5.41, 5.74) is 12.9. The highest BCUT2D eigenvalue weighted by atomic mass is 32.7. The van der Waals surface area contributed by atoms with Crippen LogP contribution >= 0.6 is 25.6 Å². The van der Waals surface area contributed by atoms with Crippen molar-refractivity contribution in [3.05, 3.63) is 25.3 Å². The predicted octanol–water partition coefficient (Wildman–Crippen LogP) is -2.07. The van der Waals surface area contributed by atoms with Crippen molar-refractivity contribution in [1.29, 1.82) is 0 Å². The van der Waals surface area contributed by atoms with Gasteiger partial charge in [-0.2, -0.15) is 0 Å². The quantitative estimate of drug-likeness (QED) is 0.0880. The molecule has 20 nitrogen and oxygen atoms in total. The van der Waals surface area contributed by atoms with Crippen LogP contribution in [0.5, 0.6) is 0 Å². The van der Waals surface area contributed by atoms with E-state index in [0.29, 0.717) is 0 Å². The van der Waals surface area contributed by atoms with Crippen molar-refractivity contribution in [2.45, 2.75) is 49.0 Å². The summed E-state index contributed by atoms with van der Waals surface area (Å²) in [4.78, 5) is 38.0. The van der Waals surface area contributed by atoms with Crippen LogP contribution in [0.15, 0.2) is 25.3 Å². The summed E-state index contributed by atoms with van der Waals surface area (Å²) in [5.74, 6) is 0.243. The van der Waals surface area contributed by atoms with Gasteiger partial charge in [0, 0.05) is 0 Å². The molecule has 4 unspecified atom stereocenters. The Labute approximate surface area is 257 Å². The Hall–Kier alpha value is -2.43. The van der Waals surface area contributed by atoms with Crippen LogP contribution in [-0.4, -0.2) is 99.0 Å². The summed E-state index contributed by atoms with van der Waals surface area (Å²) >= 11 is 9.47. The number of aliphatic hydroxyl groups is 2. The summed E-state index contributed by atoms with van der Waals surface area (Å²) in [6, 6.07) is -2.25. The number of hydrogen-bond donors (Lipinski definition) is 7. The minimum absolute atomic E-state index is 0.121. The number of nitrogens with zero attached hydrogens (tertiary/aromatic N) is 8. The van der Waals surface area contributed by atoms with E-state index in [1.807, 2.05) is 0 Å². The minimum Gasteiger partial charge on any atom is -0.789 e. The molecule has 0 aromatic carbocycles. The van der Waals surface area contributed by atoms with E-state index in [9.17, 15) is 19.7 Å². The molecule has 4 aromatic heterocycles. The summed E-state index contributed by atoms with van der Waals surface area (Å²) in [5, 5.41) is 28.0. The lowest BCUT2D eigenvalue weighted by Crippen LogP contribution is -2.48. The Morgan fingerprint density at radius 2 is 1.34 bits per heavy atom. The second-order valence-electron chi connectivity index (χ2n) is 10.2. The van der Waals surface area contributed by atoms with E-state index in [-0.39, 0.29) is 34.0 Å². The van der Waals surface area contributed by atoms with Gasteiger partial charge in [-0.05, 0) is 0 Å². The highest BCUT2D eigenvalue weighted by Crippen LogP contribution is 2.52. The first-order chi connectivity index (χ1) is 20.9. The first-order valence-electron chi connectivity index (χ1n) is 12.9. The van der Waals surface area contributed by atoms with E-state index in [2.05, 4.69) is 52.3 Å². The fourth-order valence-electron chi connectivity index (χ4n) is 5.45. The van der Waals surface area contributed by atoms with Crippen molar-refractivity contribution >= 4 is 71.4 Å². The molecule has 10 atom stereocenters. The predicted molar refractivity (Wildman–Crippen MR) is 156 cm³/mol. The zero-order valence-electron chi connectivity index (χ0n) is 22.2. The van der Waals surface area contributed by atoms with Crippen LogP contribution in [0, 0.1) is 0 Å². The number of nitrogen functional groups attached to an aromatic ring is 2. The van der Waals surface area contributed by atoms with Crippen LogP contribution in [0.2, 0.25) is 0 Å². The number of anilines is 2. The first kappa shape index (κ1) is 30.2. The third-order valence-electron chi connectivity index (χ3n) is 7.51. The maximum atomic E-state index is 13.5. The molecule has 236 valence electrons. The van der Waals surface area contributed by atoms with Crippen LogP contribution in [0.1, 0.15) is 12.5 Å². The lowest BCUT2D eigenvalue weighted by Gasteiger charge is -2.36. The molecule has 3 aliphatic rings. The van der Waals surface area contributed by atoms with Crippen molar-refractivity contribution in [2.75, 3.05) is 24.7 Å². The summed E-state index contributed by atoms with van der Waals surface area (Å²) in [6.07, 6.45) is -1.98. The Morgan fingerprint density at radius 3 is 1.86 bits per heavy atom. The molecule has 8 N–H and O–H groups in total. The SMILES string of the molecule is Nc1ncnc2c1ncn2[C@@H]1O[C@@H]2COP([O-])(=S)NC3[C@@H](COP(=O)(S)N[C@@H]2C1O)O[C@@H](n1cnc2c(N)ncnc21)[C@H]3O. The van der Waals surface area contributed by atoms with Crippen LogP contribution in [0.4, 0.5) is 11.6 Å². The molecule has 0 bridgehead atoms. The van der Waals surface area contributed by atoms with E-state index in [1.54, 1.807) is 0 Å². The van der Waals surface area contributed by atoms with Gasteiger partial charge in [-0.3, -0.25) is 18.8 Å². The van der Waals surface area contributed by atoms with Crippen LogP contribution in [0.3, 0.4) is 0 Å². The van der Waals surface area contributed by atoms with Crippen LogP contribution in [-0.2, 0) is 34.9 Å². The number of ether oxygens (including phenoxy) is 2. The van der Waals surface area contributed by atoms with E-state index >= 15 is 0 Å². The number of aliphatic hydroxyl groups excluding tert-OH is 2. The highest BCUT2D eigenvalue weighted by Gasteiger charge is 2.50. The molecule has 44 heavy (non-hydrogen) atoms. The number of nitrogens with one attached hydrogen (secondary N) is 2. The second-order valence-corrected chi connectivity index (χ2v) is 16.3. The van der Waals surface area contributed by atoms with Crippen LogP contribution in [0.25, 0.3) is 22.3 Å². The van der Waals surface area contributed by atoms with Gasteiger partial charge in [-0.25, -0.2) is 35.0 Å². The molecule has 3 aliphatic heterocycles. The van der Waals surface area contributed by atoms with E-state index in [4.69, 9.17) is 41.8 Å². The molecule has 0 amide bonds. The molecule has 0 aliphatic carbocycles. The molecular weight excluding hydrogens is 662 g/mol. The number of rotatable bonds is 2. The highest BCUT2D eigenvalue weighted by molar-refractivity contribution is 8.45. The molecule has 0 spiro atoms. The van der Waals surface area contributed by atoms with Gasteiger partial charge in [-0.15, -0.1) is 0 Å². The molecule has 3 fully saturated rings. The van der Waals surface area contributed by atoms with Gasteiger partial charge in [0.25, 0.3) is 0 Å². The van der Waals surface area contributed by atoms with Crippen LogP contribution < -0.4 is 26.5 Å². The Kier molecular flexibility index (Phi) is 7.64.